The van der Waals surface area contributed by atoms with Crippen molar-refractivity contribution < 1.29 is 0 Å². The fourth-order valence-corrected chi connectivity index (χ4v) is 4.48. The number of allylic oxidation sites excluding steroid dienone is 4. The van der Waals surface area contributed by atoms with Gasteiger partial charge in [0.2, 0.25) is 0 Å². The maximum Gasteiger partial charge on any atom is 0.0647 e. The summed E-state index contributed by atoms with van der Waals surface area (Å²) in [6.07, 6.45) is 4.68. The average molecular weight is 370 g/mol. The Morgan fingerprint density at radius 2 is 0.828 bits per heavy atom. The van der Waals surface area contributed by atoms with Gasteiger partial charge in [-0.05, 0) is 33.4 Å². The van der Waals surface area contributed by atoms with E-state index in [2.05, 4.69) is 133 Å². The zero-order chi connectivity index (χ0) is 19.5. The van der Waals surface area contributed by atoms with E-state index in [-0.39, 0.29) is 5.41 Å². The van der Waals surface area contributed by atoms with Crippen molar-refractivity contribution >= 4 is 11.1 Å². The molecule has 0 amide bonds. The molecule has 0 bridgehead atoms. The lowest BCUT2D eigenvalue weighted by molar-refractivity contribution is 0.850. The highest BCUT2D eigenvalue weighted by molar-refractivity contribution is 6.05. The summed E-state index contributed by atoms with van der Waals surface area (Å²) in [5, 5.41) is 0. The molecule has 1 aliphatic carbocycles. The summed E-state index contributed by atoms with van der Waals surface area (Å²) in [6.45, 7) is 0. The Bertz CT molecular complexity index is 1110. The maximum absolute atomic E-state index is 2.38. The molecule has 29 heavy (non-hydrogen) atoms. The van der Waals surface area contributed by atoms with Crippen LogP contribution in [0.15, 0.2) is 133 Å². The highest BCUT2D eigenvalue weighted by atomic mass is 14.4. The summed E-state index contributed by atoms with van der Waals surface area (Å²) in [5.41, 5.74) is 7.36. The lowest BCUT2D eigenvalue weighted by atomic mass is 9.68. The van der Waals surface area contributed by atoms with E-state index in [0.29, 0.717) is 0 Å². The van der Waals surface area contributed by atoms with Crippen molar-refractivity contribution in [3.63, 3.8) is 0 Å². The van der Waals surface area contributed by atoms with Gasteiger partial charge in [0.25, 0.3) is 0 Å². The van der Waals surface area contributed by atoms with Crippen molar-refractivity contribution in [3.05, 3.63) is 156 Å². The minimum Gasteiger partial charge on any atom is -0.0645 e. The van der Waals surface area contributed by atoms with Gasteiger partial charge in [0.1, 0.15) is 0 Å². The van der Waals surface area contributed by atoms with Crippen molar-refractivity contribution in [1.82, 2.24) is 0 Å². The van der Waals surface area contributed by atoms with Gasteiger partial charge in [0.05, 0.1) is 5.41 Å². The standard InChI is InChI=1S/C29H22/c1-5-13-23(14-6-1)27-21-22-29(25-17-9-3-10-18-25,26-19-11-4-12-20-26)28(27)24-15-7-2-8-16-24/h1-22H. The van der Waals surface area contributed by atoms with Gasteiger partial charge < -0.3 is 0 Å². The van der Waals surface area contributed by atoms with Gasteiger partial charge in [-0.25, -0.2) is 0 Å². The van der Waals surface area contributed by atoms with Gasteiger partial charge in [0, 0.05) is 0 Å². The fraction of sp³-hybridized carbons (Fsp3) is 0.0345. The minimum absolute atomic E-state index is 0.324. The first-order chi connectivity index (χ1) is 14.4. The molecule has 4 aromatic carbocycles. The first kappa shape index (κ1) is 17.5. The van der Waals surface area contributed by atoms with E-state index in [1.165, 1.54) is 33.4 Å². The van der Waals surface area contributed by atoms with Crippen LogP contribution < -0.4 is 0 Å². The number of benzene rings is 4. The Hall–Kier alpha value is -3.64. The molecule has 4 aromatic rings. The molecule has 0 heteroatoms. The van der Waals surface area contributed by atoms with Gasteiger partial charge in [-0.2, -0.15) is 0 Å². The van der Waals surface area contributed by atoms with Crippen molar-refractivity contribution in [3.8, 4) is 0 Å². The van der Waals surface area contributed by atoms with Crippen molar-refractivity contribution in [2.75, 3.05) is 0 Å². The van der Waals surface area contributed by atoms with Crippen LogP contribution in [0, 0.1) is 0 Å². The lowest BCUT2D eigenvalue weighted by Crippen LogP contribution is -2.25. The van der Waals surface area contributed by atoms with Gasteiger partial charge >= 0.3 is 0 Å². The van der Waals surface area contributed by atoms with Crippen LogP contribution in [0.25, 0.3) is 11.1 Å². The van der Waals surface area contributed by atoms with Crippen LogP contribution in [0.4, 0.5) is 0 Å². The third-order valence-electron chi connectivity index (χ3n) is 5.77. The van der Waals surface area contributed by atoms with Crippen LogP contribution in [-0.4, -0.2) is 0 Å². The molecule has 0 radical (unpaired) electrons. The van der Waals surface area contributed by atoms with E-state index in [0.717, 1.165) is 0 Å². The third kappa shape index (κ3) is 2.94. The second-order valence-corrected chi connectivity index (χ2v) is 7.39. The normalized spacial score (nSPS) is 14.9. The van der Waals surface area contributed by atoms with Crippen LogP contribution in [0.1, 0.15) is 22.3 Å². The molecule has 0 aromatic heterocycles. The first-order valence-electron chi connectivity index (χ1n) is 10.1. The predicted octanol–water partition coefficient (Wildman–Crippen LogP) is 7.15. The Labute approximate surface area is 172 Å². The Morgan fingerprint density at radius 1 is 0.414 bits per heavy atom. The summed E-state index contributed by atoms with van der Waals surface area (Å²) in [7, 11) is 0. The molecule has 0 fully saturated rings. The molecule has 0 heterocycles. The van der Waals surface area contributed by atoms with Crippen LogP contribution in [0.3, 0.4) is 0 Å². The molecule has 0 saturated carbocycles. The molecule has 0 spiro atoms. The van der Waals surface area contributed by atoms with Gasteiger partial charge in [-0.3, -0.25) is 0 Å². The Balaban J connectivity index is 1.88. The van der Waals surface area contributed by atoms with Gasteiger partial charge in [0.15, 0.2) is 0 Å². The molecule has 0 nitrogen and oxygen atoms in total. The summed E-state index contributed by atoms with van der Waals surface area (Å²) in [4.78, 5) is 0. The van der Waals surface area contributed by atoms with E-state index in [4.69, 9.17) is 0 Å². The third-order valence-corrected chi connectivity index (χ3v) is 5.77. The monoisotopic (exact) mass is 370 g/mol. The van der Waals surface area contributed by atoms with Gasteiger partial charge in [-0.15, -0.1) is 0 Å². The van der Waals surface area contributed by atoms with Crippen molar-refractivity contribution in [1.29, 1.82) is 0 Å². The molecule has 5 rings (SSSR count). The van der Waals surface area contributed by atoms with Crippen molar-refractivity contribution in [2.45, 2.75) is 5.41 Å². The summed E-state index contributed by atoms with van der Waals surface area (Å²) < 4.78 is 0. The Morgan fingerprint density at radius 3 is 1.31 bits per heavy atom. The second-order valence-electron chi connectivity index (χ2n) is 7.39. The zero-order valence-corrected chi connectivity index (χ0v) is 16.2. The summed E-state index contributed by atoms with van der Waals surface area (Å²) in [5.74, 6) is 0. The lowest BCUT2D eigenvalue weighted by Gasteiger charge is -2.33. The van der Waals surface area contributed by atoms with E-state index in [9.17, 15) is 0 Å². The average Bonchev–Trinajstić information content (AvgIpc) is 3.23. The molecule has 0 atom stereocenters. The highest BCUT2D eigenvalue weighted by Crippen LogP contribution is 2.52. The topological polar surface area (TPSA) is 0 Å². The zero-order valence-electron chi connectivity index (χ0n) is 16.2. The SMILES string of the molecule is C1=CC(c2ccccc2)(c2ccccc2)C(c2ccccc2)=C1c1ccccc1. The molecule has 1 aliphatic rings. The fourth-order valence-electron chi connectivity index (χ4n) is 4.48. The molecule has 0 aliphatic heterocycles. The van der Waals surface area contributed by atoms with Crippen LogP contribution in [-0.2, 0) is 5.41 Å². The van der Waals surface area contributed by atoms with E-state index in [1.54, 1.807) is 0 Å². The molecule has 138 valence electrons. The molecule has 0 unspecified atom stereocenters. The quantitative estimate of drug-likeness (QED) is 0.358. The Kier molecular flexibility index (Phi) is 4.46. The van der Waals surface area contributed by atoms with E-state index in [1.807, 2.05) is 0 Å². The number of rotatable bonds is 4. The maximum atomic E-state index is 2.38. The first-order valence-corrected chi connectivity index (χ1v) is 10.1. The van der Waals surface area contributed by atoms with Crippen molar-refractivity contribution in [2.24, 2.45) is 0 Å². The highest BCUT2D eigenvalue weighted by Gasteiger charge is 2.41. The summed E-state index contributed by atoms with van der Waals surface area (Å²) >= 11 is 0. The second kappa shape index (κ2) is 7.41. The number of hydrogen-bond acceptors (Lipinski definition) is 0. The van der Waals surface area contributed by atoms with Gasteiger partial charge in [-0.1, -0.05) is 133 Å². The van der Waals surface area contributed by atoms with Crippen LogP contribution >= 0.6 is 0 Å². The summed E-state index contributed by atoms with van der Waals surface area (Å²) in [6, 6.07) is 43.2. The molecular formula is C29H22. The molecular weight excluding hydrogens is 348 g/mol. The smallest absolute Gasteiger partial charge is 0.0645 e. The minimum atomic E-state index is -0.324. The van der Waals surface area contributed by atoms with Crippen LogP contribution in [0.2, 0.25) is 0 Å². The van der Waals surface area contributed by atoms with E-state index < -0.39 is 0 Å². The molecule has 0 N–H and O–H groups in total. The van der Waals surface area contributed by atoms with E-state index >= 15 is 0 Å². The number of hydrogen-bond donors (Lipinski definition) is 0. The predicted molar refractivity (Wildman–Crippen MR) is 123 cm³/mol. The van der Waals surface area contributed by atoms with Crippen LogP contribution in [0.5, 0.6) is 0 Å². The molecule has 0 saturated heterocycles. The largest absolute Gasteiger partial charge is 0.0647 e.